The average Bonchev–Trinajstić information content (AvgIpc) is 2.52. The Kier molecular flexibility index (Phi) is 4.63. The summed E-state index contributed by atoms with van der Waals surface area (Å²) in [4.78, 5) is 15.7. The number of rotatable bonds is 4. The summed E-state index contributed by atoms with van der Waals surface area (Å²) in [5, 5.41) is 22.9. The van der Waals surface area contributed by atoms with Gasteiger partial charge in [-0.15, -0.1) is 0 Å². The highest BCUT2D eigenvalue weighted by atomic mass is 16.3. The largest absolute Gasteiger partial charge is 0.505 e. The van der Waals surface area contributed by atoms with Gasteiger partial charge < -0.3 is 10.2 Å². The number of benzene rings is 1. The summed E-state index contributed by atoms with van der Waals surface area (Å²) in [7, 11) is 0. The van der Waals surface area contributed by atoms with Crippen LogP contribution in [0.5, 0.6) is 5.75 Å². The zero-order chi connectivity index (χ0) is 15.2. The molecule has 0 fully saturated rings. The van der Waals surface area contributed by atoms with Crippen molar-refractivity contribution in [2.24, 2.45) is 5.10 Å². The van der Waals surface area contributed by atoms with Gasteiger partial charge in [-0.1, -0.05) is 18.2 Å². The van der Waals surface area contributed by atoms with Gasteiger partial charge in [0.1, 0.15) is 5.75 Å². The van der Waals surface area contributed by atoms with E-state index in [-0.39, 0.29) is 18.3 Å². The first-order valence-electron chi connectivity index (χ1n) is 6.30. The van der Waals surface area contributed by atoms with Crippen molar-refractivity contribution in [1.82, 2.24) is 10.4 Å². The van der Waals surface area contributed by atoms with E-state index in [0.717, 1.165) is 0 Å². The second kappa shape index (κ2) is 6.62. The Morgan fingerprint density at radius 2 is 2.10 bits per heavy atom. The third-order valence-electron chi connectivity index (χ3n) is 2.92. The molecular weight excluding hydrogens is 270 g/mol. The fourth-order valence-electron chi connectivity index (χ4n) is 1.73. The number of amides is 1. The van der Waals surface area contributed by atoms with E-state index in [9.17, 15) is 15.0 Å². The summed E-state index contributed by atoms with van der Waals surface area (Å²) in [5.41, 5.74) is 4.02. The predicted molar refractivity (Wildman–Crippen MR) is 78.1 cm³/mol. The molecule has 0 radical (unpaired) electrons. The summed E-state index contributed by atoms with van der Waals surface area (Å²) >= 11 is 0. The van der Waals surface area contributed by atoms with Gasteiger partial charge in [-0.3, -0.25) is 9.78 Å². The Bertz CT molecular complexity index is 669. The van der Waals surface area contributed by atoms with Gasteiger partial charge in [0.25, 0.3) is 5.91 Å². The molecule has 0 aliphatic rings. The van der Waals surface area contributed by atoms with Gasteiger partial charge in [-0.2, -0.15) is 5.10 Å². The molecule has 0 aliphatic heterocycles. The topological polar surface area (TPSA) is 94.8 Å². The summed E-state index contributed by atoms with van der Waals surface area (Å²) in [6.07, 6.45) is 2.74. The lowest BCUT2D eigenvalue weighted by Gasteiger charge is -2.07. The molecule has 0 unspecified atom stereocenters. The van der Waals surface area contributed by atoms with E-state index < -0.39 is 0 Å². The van der Waals surface area contributed by atoms with Crippen LogP contribution in [0.3, 0.4) is 0 Å². The number of aliphatic hydroxyl groups excluding tert-OH is 1. The van der Waals surface area contributed by atoms with Crippen LogP contribution in [-0.2, 0) is 6.61 Å². The summed E-state index contributed by atoms with van der Waals surface area (Å²) in [6, 6.07) is 8.64. The number of pyridine rings is 1. The lowest BCUT2D eigenvalue weighted by molar-refractivity contribution is 0.0955. The Balaban J connectivity index is 2.15. The number of carbonyl (C=O) groups is 1. The van der Waals surface area contributed by atoms with E-state index in [1.54, 1.807) is 31.2 Å². The molecule has 21 heavy (non-hydrogen) atoms. The van der Waals surface area contributed by atoms with Crippen LogP contribution in [0.1, 0.15) is 27.2 Å². The van der Waals surface area contributed by atoms with Crippen molar-refractivity contribution < 1.29 is 15.0 Å². The lowest BCUT2D eigenvalue weighted by Crippen LogP contribution is -2.17. The van der Waals surface area contributed by atoms with Crippen LogP contribution >= 0.6 is 0 Å². The van der Waals surface area contributed by atoms with Gasteiger partial charge in [-0.25, -0.2) is 5.43 Å². The first kappa shape index (κ1) is 14.7. The van der Waals surface area contributed by atoms with Crippen LogP contribution in [0, 0.1) is 6.92 Å². The molecule has 1 heterocycles. The van der Waals surface area contributed by atoms with Gasteiger partial charge in [-0.05, 0) is 19.1 Å². The predicted octanol–water partition coefficient (Wildman–Crippen LogP) is 1.35. The van der Waals surface area contributed by atoms with Crippen molar-refractivity contribution in [1.29, 1.82) is 0 Å². The first-order chi connectivity index (χ1) is 10.1. The second-order valence-electron chi connectivity index (χ2n) is 4.35. The van der Waals surface area contributed by atoms with Crippen LogP contribution in [0.15, 0.2) is 41.6 Å². The number of aromatic hydroxyl groups is 1. The maximum absolute atomic E-state index is 11.8. The fraction of sp³-hybridized carbons (Fsp3) is 0.133. The number of aryl methyl sites for hydroxylation is 1. The second-order valence-corrected chi connectivity index (χ2v) is 4.35. The van der Waals surface area contributed by atoms with Gasteiger partial charge >= 0.3 is 0 Å². The molecule has 1 amide bonds. The van der Waals surface area contributed by atoms with Crippen molar-refractivity contribution in [3.63, 3.8) is 0 Å². The molecule has 2 aromatic rings. The number of hydrogen-bond donors (Lipinski definition) is 3. The number of aliphatic hydroxyl groups is 1. The normalized spacial score (nSPS) is 10.8. The average molecular weight is 285 g/mol. The molecule has 0 aliphatic carbocycles. The maximum atomic E-state index is 11.8. The molecule has 0 atom stereocenters. The Morgan fingerprint density at radius 3 is 2.76 bits per heavy atom. The molecule has 6 nitrogen and oxygen atoms in total. The zero-order valence-electron chi connectivity index (χ0n) is 11.4. The zero-order valence-corrected chi connectivity index (χ0v) is 11.4. The van der Waals surface area contributed by atoms with Crippen LogP contribution in [0.25, 0.3) is 0 Å². The van der Waals surface area contributed by atoms with E-state index in [2.05, 4.69) is 15.5 Å². The maximum Gasteiger partial charge on any atom is 0.271 e. The third kappa shape index (κ3) is 3.43. The molecule has 0 spiro atoms. The molecule has 6 heteroatoms. The van der Waals surface area contributed by atoms with Crippen LogP contribution in [-0.4, -0.2) is 27.3 Å². The summed E-state index contributed by atoms with van der Waals surface area (Å²) in [6.45, 7) is 1.35. The number of hydrazone groups is 1. The Morgan fingerprint density at radius 1 is 1.38 bits per heavy atom. The van der Waals surface area contributed by atoms with E-state index >= 15 is 0 Å². The van der Waals surface area contributed by atoms with Gasteiger partial charge in [0.15, 0.2) is 0 Å². The smallest absolute Gasteiger partial charge is 0.271 e. The molecule has 0 bridgehead atoms. The van der Waals surface area contributed by atoms with E-state index in [0.29, 0.717) is 22.4 Å². The molecule has 108 valence electrons. The van der Waals surface area contributed by atoms with E-state index in [1.807, 2.05) is 6.07 Å². The molecule has 0 saturated carbocycles. The highest BCUT2D eigenvalue weighted by molar-refractivity contribution is 5.95. The minimum atomic E-state index is -0.359. The van der Waals surface area contributed by atoms with Crippen molar-refractivity contribution >= 4 is 12.1 Å². The summed E-state index contributed by atoms with van der Waals surface area (Å²) < 4.78 is 0. The van der Waals surface area contributed by atoms with Crippen LogP contribution in [0.4, 0.5) is 0 Å². The van der Waals surface area contributed by atoms with Crippen molar-refractivity contribution in [2.45, 2.75) is 13.5 Å². The lowest BCUT2D eigenvalue weighted by atomic mass is 10.1. The van der Waals surface area contributed by atoms with Crippen molar-refractivity contribution in [3.8, 4) is 5.75 Å². The van der Waals surface area contributed by atoms with Crippen LogP contribution in [0.2, 0.25) is 0 Å². The quantitative estimate of drug-likeness (QED) is 0.584. The monoisotopic (exact) mass is 285 g/mol. The minimum Gasteiger partial charge on any atom is -0.505 e. The number of nitrogens with zero attached hydrogens (tertiary/aromatic N) is 2. The molecule has 0 saturated heterocycles. The first-order valence-corrected chi connectivity index (χ1v) is 6.30. The number of nitrogens with one attached hydrogen (secondary N) is 1. The Labute approximate surface area is 121 Å². The van der Waals surface area contributed by atoms with Gasteiger partial charge in [0.2, 0.25) is 0 Å². The molecule has 3 N–H and O–H groups in total. The minimum absolute atomic E-state index is 0.0701. The van der Waals surface area contributed by atoms with E-state index in [1.165, 1.54) is 12.4 Å². The highest BCUT2D eigenvalue weighted by Gasteiger charge is 2.09. The van der Waals surface area contributed by atoms with Crippen molar-refractivity contribution in [3.05, 3.63) is 58.9 Å². The molecular formula is C15H15N3O3. The SMILES string of the molecule is Cc1ncc(CO)c(/C=N/NC(=O)c2ccccc2)c1O. The fourth-order valence-corrected chi connectivity index (χ4v) is 1.73. The van der Waals surface area contributed by atoms with E-state index in [4.69, 9.17) is 0 Å². The van der Waals surface area contributed by atoms with Crippen LogP contribution < -0.4 is 5.43 Å². The molecule has 1 aromatic carbocycles. The molecule has 1 aromatic heterocycles. The third-order valence-corrected chi connectivity index (χ3v) is 2.92. The number of carbonyl (C=O) groups excluding carboxylic acids is 1. The van der Waals surface area contributed by atoms with Gasteiger partial charge in [0.05, 0.1) is 18.5 Å². The highest BCUT2D eigenvalue weighted by Crippen LogP contribution is 2.21. The summed E-state index contributed by atoms with van der Waals surface area (Å²) in [5.74, 6) is -0.429. The standard InChI is InChI=1S/C15H15N3O3/c1-10-14(20)13(12(9-19)7-16-10)8-17-18-15(21)11-5-3-2-4-6-11/h2-8,19-20H,9H2,1H3,(H,18,21)/b17-8+. The molecule has 2 rings (SSSR count). The number of hydrogen-bond acceptors (Lipinski definition) is 5. The number of aromatic nitrogens is 1. The van der Waals surface area contributed by atoms with Gasteiger partial charge in [0, 0.05) is 22.9 Å². The van der Waals surface area contributed by atoms with Crippen molar-refractivity contribution in [2.75, 3.05) is 0 Å². The Hall–Kier alpha value is -2.73.